The fraction of sp³-hybridized carbons (Fsp3) is 0.400. The first-order valence-corrected chi connectivity index (χ1v) is 13.6. The van der Waals surface area contributed by atoms with Crippen LogP contribution in [0.2, 0.25) is 0 Å². The first-order chi connectivity index (χ1) is 18.3. The molecule has 39 heavy (non-hydrogen) atoms. The van der Waals surface area contributed by atoms with Gasteiger partial charge in [0.15, 0.2) is 0 Å². The van der Waals surface area contributed by atoms with Crippen LogP contribution < -0.4 is 27.0 Å². The lowest BCUT2D eigenvalue weighted by atomic mass is 10.1. The molecule has 1 heterocycles. The summed E-state index contributed by atoms with van der Waals surface area (Å²) in [5.74, 6) is -1.20. The zero-order valence-electron chi connectivity index (χ0n) is 21.5. The largest absolute Gasteiger partial charge is 0.324 e. The van der Waals surface area contributed by atoms with Crippen LogP contribution in [0.15, 0.2) is 51.5 Å². The molecule has 10 nitrogen and oxygen atoms in total. The highest BCUT2D eigenvalue weighted by atomic mass is 35.5. The Balaban J connectivity index is 1.46. The molecule has 14 heteroatoms. The van der Waals surface area contributed by atoms with Crippen LogP contribution in [-0.4, -0.2) is 26.8 Å². The van der Waals surface area contributed by atoms with Crippen molar-refractivity contribution in [2.24, 2.45) is 34.5 Å². The van der Waals surface area contributed by atoms with E-state index in [0.717, 1.165) is 5.69 Å². The van der Waals surface area contributed by atoms with Crippen molar-refractivity contribution >= 4 is 81.8 Å². The molecule has 0 spiro atoms. The summed E-state index contributed by atoms with van der Waals surface area (Å²) in [6.07, 6.45) is 3.32. The van der Waals surface area contributed by atoms with Crippen LogP contribution in [0.5, 0.6) is 0 Å². The van der Waals surface area contributed by atoms with Crippen molar-refractivity contribution in [3.05, 3.63) is 51.5 Å². The Hall–Kier alpha value is -2.79. The molecule has 0 aliphatic heterocycles. The van der Waals surface area contributed by atoms with E-state index >= 15 is 0 Å². The summed E-state index contributed by atoms with van der Waals surface area (Å²) in [6, 6.07) is 9.26. The number of aromatic nitrogens is 3. The van der Waals surface area contributed by atoms with E-state index in [4.69, 9.17) is 46.4 Å². The Morgan fingerprint density at radius 1 is 0.718 bits per heavy atom. The van der Waals surface area contributed by atoms with Crippen molar-refractivity contribution in [2.45, 2.75) is 27.7 Å². The highest BCUT2D eigenvalue weighted by molar-refractivity contribution is 6.56. The first kappa shape index (κ1) is 29.2. The second-order valence-corrected chi connectivity index (χ2v) is 12.6. The Morgan fingerprint density at radius 2 is 1.13 bits per heavy atom. The third kappa shape index (κ3) is 6.87. The SMILES string of the molecule is CC1(C)C(C=C(Cl)Cl)C1C(=O)NNc1nc(NNC(=O)C2C(C=C(Cl)Cl)C2(C)C)nc(Nc2ccccc2)n1. The number of carbonyl (C=O) groups excluding carboxylic acids is 2. The third-order valence-electron chi connectivity index (χ3n) is 7.26. The Bertz CT molecular complexity index is 1230. The van der Waals surface area contributed by atoms with Gasteiger partial charge in [-0.05, 0) is 47.0 Å². The molecule has 2 aliphatic carbocycles. The molecule has 2 amide bonds. The van der Waals surface area contributed by atoms with Crippen molar-refractivity contribution in [3.63, 3.8) is 0 Å². The number of amides is 2. The number of para-hydroxylation sites is 1. The molecule has 2 fully saturated rings. The summed E-state index contributed by atoms with van der Waals surface area (Å²) in [5, 5.41) is 3.07. The monoisotopic (exact) mass is 612 g/mol. The van der Waals surface area contributed by atoms with Gasteiger partial charge >= 0.3 is 0 Å². The lowest BCUT2D eigenvalue weighted by molar-refractivity contribution is -0.123. The molecule has 0 radical (unpaired) electrons. The first-order valence-electron chi connectivity index (χ1n) is 12.1. The van der Waals surface area contributed by atoms with Crippen molar-refractivity contribution in [1.29, 1.82) is 0 Å². The number of anilines is 4. The molecule has 4 atom stereocenters. The van der Waals surface area contributed by atoms with E-state index < -0.39 is 0 Å². The minimum absolute atomic E-state index is 0.0379. The predicted octanol–water partition coefficient (Wildman–Crippen LogP) is 5.68. The van der Waals surface area contributed by atoms with Gasteiger partial charge in [-0.15, -0.1) is 0 Å². The molecule has 2 aromatic rings. The Labute approximate surface area is 246 Å². The van der Waals surface area contributed by atoms with E-state index in [1.165, 1.54) is 0 Å². The van der Waals surface area contributed by atoms with Gasteiger partial charge in [-0.2, -0.15) is 15.0 Å². The maximum atomic E-state index is 12.8. The molecule has 2 aliphatic rings. The number of halogens is 4. The fourth-order valence-electron chi connectivity index (χ4n) is 4.84. The number of nitrogens with zero attached hydrogens (tertiary/aromatic N) is 3. The van der Waals surface area contributed by atoms with Gasteiger partial charge in [-0.1, -0.05) is 92.3 Å². The van der Waals surface area contributed by atoms with E-state index in [0.29, 0.717) is 0 Å². The van der Waals surface area contributed by atoms with Crippen LogP contribution in [0, 0.1) is 34.5 Å². The smallest absolute Gasteiger partial charge is 0.248 e. The average Bonchev–Trinajstić information content (AvgIpc) is 3.61. The van der Waals surface area contributed by atoms with Gasteiger partial charge in [0, 0.05) is 5.69 Å². The van der Waals surface area contributed by atoms with Crippen LogP contribution in [0.25, 0.3) is 0 Å². The van der Waals surface area contributed by atoms with Crippen molar-refractivity contribution in [3.8, 4) is 0 Å². The van der Waals surface area contributed by atoms with Gasteiger partial charge in [-0.25, -0.2) is 0 Å². The van der Waals surface area contributed by atoms with Crippen LogP contribution in [0.4, 0.5) is 23.5 Å². The number of rotatable bonds is 10. The van der Waals surface area contributed by atoms with Crippen molar-refractivity contribution in [1.82, 2.24) is 25.8 Å². The fourth-order valence-corrected chi connectivity index (χ4v) is 5.38. The molecule has 1 aromatic carbocycles. The molecule has 4 rings (SSSR count). The number of allylic oxidation sites excluding steroid dienone is 2. The number of nitrogens with one attached hydrogen (secondary N) is 5. The summed E-state index contributed by atoms with van der Waals surface area (Å²) in [4.78, 5) is 38.6. The van der Waals surface area contributed by atoms with Gasteiger partial charge in [0.25, 0.3) is 0 Å². The standard InChI is InChI=1S/C25H28Cl4N8O2/c1-24(2)13(10-15(26)27)17(24)19(38)34-36-22-31-21(30-12-8-6-5-7-9-12)32-23(33-22)37-35-20(39)18-14(11-16(28)29)25(18,3)4/h5-11,13-14,17-18H,1-4H3,(H,34,38)(H,35,39)(H3,30,31,32,33,36,37). The number of benzene rings is 1. The van der Waals surface area contributed by atoms with Gasteiger partial charge in [0.05, 0.1) is 11.8 Å². The van der Waals surface area contributed by atoms with Gasteiger partial charge in [-0.3, -0.25) is 31.3 Å². The maximum absolute atomic E-state index is 12.8. The molecular weight excluding hydrogens is 586 g/mol. The summed E-state index contributed by atoms with van der Waals surface area (Å²) >= 11 is 23.2. The minimum Gasteiger partial charge on any atom is -0.324 e. The average molecular weight is 614 g/mol. The summed E-state index contributed by atoms with van der Waals surface area (Å²) < 4.78 is 0.233. The summed E-state index contributed by atoms with van der Waals surface area (Å²) in [7, 11) is 0. The van der Waals surface area contributed by atoms with E-state index in [1.54, 1.807) is 12.2 Å². The van der Waals surface area contributed by atoms with Crippen LogP contribution in [-0.2, 0) is 9.59 Å². The van der Waals surface area contributed by atoms with Crippen LogP contribution >= 0.6 is 46.4 Å². The highest BCUT2D eigenvalue weighted by Gasteiger charge is 2.61. The summed E-state index contributed by atoms with van der Waals surface area (Å²) in [6.45, 7) is 7.81. The predicted molar refractivity (Wildman–Crippen MR) is 154 cm³/mol. The van der Waals surface area contributed by atoms with E-state index in [9.17, 15) is 9.59 Å². The Morgan fingerprint density at radius 3 is 1.54 bits per heavy atom. The molecule has 5 N–H and O–H groups in total. The number of carbonyl (C=O) groups is 2. The summed E-state index contributed by atoms with van der Waals surface area (Å²) in [5.41, 5.74) is 10.8. The molecule has 0 bridgehead atoms. The van der Waals surface area contributed by atoms with Crippen LogP contribution in [0.1, 0.15) is 27.7 Å². The van der Waals surface area contributed by atoms with E-state index in [1.807, 2.05) is 58.0 Å². The van der Waals surface area contributed by atoms with Crippen molar-refractivity contribution < 1.29 is 9.59 Å². The zero-order chi connectivity index (χ0) is 28.5. The highest BCUT2D eigenvalue weighted by Crippen LogP contribution is 2.60. The molecule has 1 aromatic heterocycles. The van der Waals surface area contributed by atoms with Gasteiger partial charge in [0.1, 0.15) is 8.98 Å². The number of hydrogen-bond acceptors (Lipinski definition) is 8. The topological polar surface area (TPSA) is 133 Å². The zero-order valence-corrected chi connectivity index (χ0v) is 24.5. The van der Waals surface area contributed by atoms with E-state index in [2.05, 4.69) is 42.0 Å². The minimum atomic E-state index is -0.344. The normalized spacial score (nSPS) is 23.5. The number of hydrogen-bond donors (Lipinski definition) is 5. The third-order valence-corrected chi connectivity index (χ3v) is 7.76. The van der Waals surface area contributed by atoms with Crippen molar-refractivity contribution in [2.75, 3.05) is 16.2 Å². The second-order valence-electron chi connectivity index (χ2n) is 10.6. The quantitative estimate of drug-likeness (QED) is 0.216. The van der Waals surface area contributed by atoms with Crippen LogP contribution in [0.3, 0.4) is 0 Å². The molecule has 0 saturated heterocycles. The van der Waals surface area contributed by atoms with E-state index in [-0.39, 0.29) is 73.1 Å². The molecular formula is C25H28Cl4N8O2. The molecule has 2 saturated carbocycles. The molecule has 208 valence electrons. The molecule has 4 unspecified atom stereocenters. The van der Waals surface area contributed by atoms with Gasteiger partial charge in [0.2, 0.25) is 29.7 Å². The lowest BCUT2D eigenvalue weighted by Gasteiger charge is -2.13. The maximum Gasteiger partial charge on any atom is 0.248 e. The van der Waals surface area contributed by atoms with Gasteiger partial charge < -0.3 is 5.32 Å². The lowest BCUT2D eigenvalue weighted by Crippen LogP contribution is -2.35. The number of hydrazine groups is 2. The Kier molecular flexibility index (Phi) is 8.51. The second kappa shape index (κ2) is 11.4.